The van der Waals surface area contributed by atoms with Crippen molar-refractivity contribution in [2.24, 2.45) is 0 Å². The lowest BCUT2D eigenvalue weighted by Gasteiger charge is -2.17. The lowest BCUT2D eigenvalue weighted by atomic mass is 10.1. The fourth-order valence-corrected chi connectivity index (χ4v) is 2.59. The van der Waals surface area contributed by atoms with E-state index in [-0.39, 0.29) is 23.6 Å². The van der Waals surface area contributed by atoms with E-state index < -0.39 is 17.6 Å². The number of amides is 2. The molecular formula is C17H14Cl3FN2O2. The summed E-state index contributed by atoms with van der Waals surface area (Å²) in [6, 6.07) is 8.83. The maximum absolute atomic E-state index is 13.7. The van der Waals surface area contributed by atoms with Gasteiger partial charge >= 0.3 is 0 Å². The van der Waals surface area contributed by atoms with Gasteiger partial charge in [-0.3, -0.25) is 9.59 Å². The molecule has 25 heavy (non-hydrogen) atoms. The first kappa shape index (κ1) is 19.5. The van der Waals surface area contributed by atoms with E-state index in [2.05, 4.69) is 5.32 Å². The molecule has 0 fully saturated rings. The summed E-state index contributed by atoms with van der Waals surface area (Å²) in [6.45, 7) is -0.203. The highest BCUT2D eigenvalue weighted by Crippen LogP contribution is 2.25. The first-order chi connectivity index (χ1) is 11.8. The van der Waals surface area contributed by atoms with Gasteiger partial charge in [-0.05, 0) is 30.3 Å². The van der Waals surface area contributed by atoms with Crippen LogP contribution in [0, 0.1) is 5.82 Å². The molecule has 8 heteroatoms. The Morgan fingerprint density at radius 1 is 1.08 bits per heavy atom. The van der Waals surface area contributed by atoms with Crippen molar-refractivity contribution in [3.63, 3.8) is 0 Å². The van der Waals surface area contributed by atoms with Gasteiger partial charge in [0.15, 0.2) is 0 Å². The van der Waals surface area contributed by atoms with E-state index in [9.17, 15) is 14.0 Å². The molecule has 0 bridgehead atoms. The molecule has 1 N–H and O–H groups in total. The molecule has 0 unspecified atom stereocenters. The minimum atomic E-state index is -0.561. The molecule has 132 valence electrons. The van der Waals surface area contributed by atoms with Gasteiger partial charge in [-0.2, -0.15) is 0 Å². The van der Waals surface area contributed by atoms with Crippen LogP contribution in [0.1, 0.15) is 5.56 Å². The number of hydrogen-bond donors (Lipinski definition) is 1. The molecule has 4 nitrogen and oxygen atoms in total. The molecule has 0 aliphatic heterocycles. The largest absolute Gasteiger partial charge is 0.336 e. The molecular weight excluding hydrogens is 390 g/mol. The van der Waals surface area contributed by atoms with Gasteiger partial charge in [-0.25, -0.2) is 4.39 Å². The van der Waals surface area contributed by atoms with E-state index >= 15 is 0 Å². The zero-order valence-electron chi connectivity index (χ0n) is 13.2. The third-order valence-corrected chi connectivity index (χ3v) is 4.49. The Hall–Kier alpha value is -1.82. The van der Waals surface area contributed by atoms with Crippen LogP contribution < -0.4 is 5.32 Å². The van der Waals surface area contributed by atoms with Crippen molar-refractivity contribution in [1.82, 2.24) is 4.90 Å². The van der Waals surface area contributed by atoms with Crippen LogP contribution >= 0.6 is 34.8 Å². The molecule has 2 rings (SSSR count). The molecule has 0 radical (unpaired) electrons. The van der Waals surface area contributed by atoms with Crippen LogP contribution in [0.3, 0.4) is 0 Å². The second kappa shape index (κ2) is 8.52. The number of nitrogens with one attached hydrogen (secondary N) is 1. The minimum Gasteiger partial charge on any atom is -0.336 e. The Morgan fingerprint density at radius 2 is 1.80 bits per heavy atom. The summed E-state index contributed by atoms with van der Waals surface area (Å²) in [7, 11) is 1.45. The van der Waals surface area contributed by atoms with Gasteiger partial charge in [0.25, 0.3) is 0 Å². The molecule has 0 aliphatic rings. The normalized spacial score (nSPS) is 10.4. The standard InChI is InChI=1S/C17H14Cl3FN2O2/c1-23(17(25)8-11-12(18)3-2-4-15(11)21)9-16(24)22-10-5-6-13(19)14(20)7-10/h2-7H,8-9H2,1H3,(H,22,24). The summed E-state index contributed by atoms with van der Waals surface area (Å²) >= 11 is 17.6. The van der Waals surface area contributed by atoms with E-state index in [4.69, 9.17) is 34.8 Å². The second-order valence-corrected chi connectivity index (χ2v) is 6.53. The van der Waals surface area contributed by atoms with Gasteiger partial charge in [-0.15, -0.1) is 0 Å². The zero-order chi connectivity index (χ0) is 18.6. The van der Waals surface area contributed by atoms with Crippen molar-refractivity contribution in [3.05, 3.63) is 62.8 Å². The minimum absolute atomic E-state index is 0.103. The second-order valence-electron chi connectivity index (χ2n) is 5.30. The number of nitrogens with zero attached hydrogens (tertiary/aromatic N) is 1. The predicted molar refractivity (Wildman–Crippen MR) is 97.8 cm³/mol. The monoisotopic (exact) mass is 402 g/mol. The summed E-state index contributed by atoms with van der Waals surface area (Å²) in [5, 5.41) is 3.45. The lowest BCUT2D eigenvalue weighted by Crippen LogP contribution is -2.36. The lowest BCUT2D eigenvalue weighted by molar-refractivity contribution is -0.132. The van der Waals surface area contributed by atoms with E-state index in [0.29, 0.717) is 15.7 Å². The van der Waals surface area contributed by atoms with E-state index in [1.165, 1.54) is 36.2 Å². The Bertz CT molecular complexity index is 794. The maximum Gasteiger partial charge on any atom is 0.243 e. The van der Waals surface area contributed by atoms with Crippen LogP contribution in [0.2, 0.25) is 15.1 Å². The molecule has 0 aliphatic carbocycles. The van der Waals surface area contributed by atoms with Crippen molar-refractivity contribution in [2.75, 3.05) is 18.9 Å². The highest BCUT2D eigenvalue weighted by Gasteiger charge is 2.17. The quantitative estimate of drug-likeness (QED) is 0.803. The predicted octanol–water partition coefficient (Wildman–Crippen LogP) is 4.43. The first-order valence-electron chi connectivity index (χ1n) is 7.19. The number of halogens is 4. The number of rotatable bonds is 5. The summed E-state index contributed by atoms with van der Waals surface area (Å²) in [5.74, 6) is -1.42. The van der Waals surface area contributed by atoms with E-state index in [1.807, 2.05) is 0 Å². The van der Waals surface area contributed by atoms with Crippen molar-refractivity contribution in [2.45, 2.75) is 6.42 Å². The molecule has 2 aromatic carbocycles. The molecule has 0 atom stereocenters. The van der Waals surface area contributed by atoms with Crippen LogP contribution in [-0.2, 0) is 16.0 Å². The highest BCUT2D eigenvalue weighted by molar-refractivity contribution is 6.42. The SMILES string of the molecule is CN(CC(=O)Nc1ccc(Cl)c(Cl)c1)C(=O)Cc1c(F)cccc1Cl. The van der Waals surface area contributed by atoms with Gasteiger partial charge in [0, 0.05) is 23.3 Å². The van der Waals surface area contributed by atoms with Gasteiger partial charge < -0.3 is 10.2 Å². The van der Waals surface area contributed by atoms with Crippen LogP contribution in [0.25, 0.3) is 0 Å². The molecule has 0 saturated carbocycles. The van der Waals surface area contributed by atoms with Gasteiger partial charge in [0.05, 0.1) is 23.0 Å². The molecule has 0 aromatic heterocycles. The Morgan fingerprint density at radius 3 is 2.44 bits per heavy atom. The third kappa shape index (κ3) is 5.33. The summed E-state index contributed by atoms with van der Waals surface area (Å²) < 4.78 is 13.7. The zero-order valence-corrected chi connectivity index (χ0v) is 15.4. The molecule has 0 heterocycles. The average molecular weight is 404 g/mol. The first-order valence-corrected chi connectivity index (χ1v) is 8.33. The molecule has 2 aromatic rings. The fraction of sp³-hybridized carbons (Fsp3) is 0.176. The summed E-state index contributed by atoms with van der Waals surface area (Å²) in [6.07, 6.45) is -0.234. The van der Waals surface area contributed by atoms with Crippen molar-refractivity contribution < 1.29 is 14.0 Å². The number of benzene rings is 2. The number of anilines is 1. The van der Waals surface area contributed by atoms with E-state index in [0.717, 1.165) is 0 Å². The van der Waals surface area contributed by atoms with Crippen LogP contribution in [-0.4, -0.2) is 30.3 Å². The Balaban J connectivity index is 1.96. The molecule has 2 amide bonds. The van der Waals surface area contributed by atoms with Crippen molar-refractivity contribution >= 4 is 52.3 Å². The average Bonchev–Trinajstić information content (AvgIpc) is 2.54. The number of carbonyl (C=O) groups is 2. The van der Waals surface area contributed by atoms with Crippen molar-refractivity contribution in [1.29, 1.82) is 0 Å². The van der Waals surface area contributed by atoms with Crippen molar-refractivity contribution in [3.8, 4) is 0 Å². The number of likely N-dealkylation sites (N-methyl/N-ethyl adjacent to an activating group) is 1. The van der Waals surface area contributed by atoms with Crippen LogP contribution in [0.15, 0.2) is 36.4 Å². The summed E-state index contributed by atoms with van der Waals surface area (Å²) in [5.41, 5.74) is 0.559. The smallest absolute Gasteiger partial charge is 0.243 e. The highest BCUT2D eigenvalue weighted by atomic mass is 35.5. The number of carbonyl (C=O) groups excluding carboxylic acids is 2. The van der Waals surface area contributed by atoms with E-state index in [1.54, 1.807) is 12.1 Å². The summed E-state index contributed by atoms with van der Waals surface area (Å²) in [4.78, 5) is 25.4. The van der Waals surface area contributed by atoms with Gasteiger partial charge in [-0.1, -0.05) is 40.9 Å². The topological polar surface area (TPSA) is 49.4 Å². The van der Waals surface area contributed by atoms with Crippen LogP contribution in [0.5, 0.6) is 0 Å². The van der Waals surface area contributed by atoms with Crippen LogP contribution in [0.4, 0.5) is 10.1 Å². The fourth-order valence-electron chi connectivity index (χ4n) is 2.07. The van der Waals surface area contributed by atoms with Gasteiger partial charge in [0.2, 0.25) is 11.8 Å². The Kier molecular flexibility index (Phi) is 6.64. The van der Waals surface area contributed by atoms with Gasteiger partial charge in [0.1, 0.15) is 5.82 Å². The number of hydrogen-bond acceptors (Lipinski definition) is 2. The molecule has 0 spiro atoms. The Labute approximate surface area is 159 Å². The molecule has 0 saturated heterocycles. The maximum atomic E-state index is 13.7. The third-order valence-electron chi connectivity index (χ3n) is 3.40.